The van der Waals surface area contributed by atoms with Gasteiger partial charge in [0, 0.05) is 13.1 Å². The molecule has 1 aliphatic rings. The number of nitriles is 1. The fourth-order valence-electron chi connectivity index (χ4n) is 2.66. The molecular formula is C15H20N2O3S. The molecule has 0 N–H and O–H groups in total. The van der Waals surface area contributed by atoms with Gasteiger partial charge in [0.25, 0.3) is 0 Å². The Hall–Kier alpha value is -1.42. The van der Waals surface area contributed by atoms with Crippen LogP contribution in [0.1, 0.15) is 31.9 Å². The van der Waals surface area contributed by atoms with E-state index in [1.807, 2.05) is 26.8 Å². The average molecular weight is 308 g/mol. The van der Waals surface area contributed by atoms with E-state index in [0.29, 0.717) is 24.2 Å². The van der Waals surface area contributed by atoms with Crippen LogP contribution < -0.4 is 0 Å². The smallest absolute Gasteiger partial charge is 0.243 e. The van der Waals surface area contributed by atoms with Crippen LogP contribution in [0.5, 0.6) is 0 Å². The van der Waals surface area contributed by atoms with Gasteiger partial charge in [-0.15, -0.1) is 0 Å². The molecular weight excluding hydrogens is 288 g/mol. The van der Waals surface area contributed by atoms with Gasteiger partial charge in [-0.25, -0.2) is 8.42 Å². The minimum atomic E-state index is -3.63. The lowest BCUT2D eigenvalue weighted by molar-refractivity contribution is -0.109. The van der Waals surface area contributed by atoms with Crippen molar-refractivity contribution in [2.45, 2.75) is 44.3 Å². The fraction of sp³-hybridized carbons (Fsp3) is 0.533. The van der Waals surface area contributed by atoms with Crippen LogP contribution >= 0.6 is 0 Å². The van der Waals surface area contributed by atoms with E-state index < -0.39 is 15.6 Å². The Morgan fingerprint density at radius 1 is 1.43 bits per heavy atom. The molecule has 6 heteroatoms. The van der Waals surface area contributed by atoms with Crippen molar-refractivity contribution in [3.63, 3.8) is 0 Å². The predicted molar refractivity (Wildman–Crippen MR) is 79.3 cm³/mol. The van der Waals surface area contributed by atoms with Gasteiger partial charge < -0.3 is 4.74 Å². The number of sulfonamides is 1. The first kappa shape index (κ1) is 16.0. The topological polar surface area (TPSA) is 70.4 Å². The summed E-state index contributed by atoms with van der Waals surface area (Å²) in [5, 5.41) is 8.98. The summed E-state index contributed by atoms with van der Waals surface area (Å²) in [6.07, 6.45) is -0.164. The second-order valence-corrected chi connectivity index (χ2v) is 7.98. The van der Waals surface area contributed by atoms with E-state index in [4.69, 9.17) is 10.00 Å². The SMILES string of the molecule is Cc1ccc(C#N)cc1S(=O)(=O)N1CC(C)OC(C)(C)C1. The second kappa shape index (κ2) is 5.41. The molecule has 2 rings (SSSR count). The highest BCUT2D eigenvalue weighted by Gasteiger charge is 2.38. The fourth-order valence-corrected chi connectivity index (χ4v) is 4.58. The van der Waals surface area contributed by atoms with Crippen molar-refractivity contribution in [2.75, 3.05) is 13.1 Å². The molecule has 0 bridgehead atoms. The molecule has 1 heterocycles. The second-order valence-electron chi connectivity index (χ2n) is 6.08. The van der Waals surface area contributed by atoms with Gasteiger partial charge in [-0.05, 0) is 45.4 Å². The number of nitrogens with zero attached hydrogens (tertiary/aromatic N) is 2. The molecule has 1 aliphatic heterocycles. The van der Waals surface area contributed by atoms with Crippen LogP contribution in [-0.2, 0) is 14.8 Å². The summed E-state index contributed by atoms with van der Waals surface area (Å²) >= 11 is 0. The van der Waals surface area contributed by atoms with Crippen LogP contribution in [0.2, 0.25) is 0 Å². The average Bonchev–Trinajstić information content (AvgIpc) is 2.36. The number of hydrogen-bond acceptors (Lipinski definition) is 4. The first-order valence-electron chi connectivity index (χ1n) is 6.84. The van der Waals surface area contributed by atoms with Gasteiger partial charge in [-0.1, -0.05) is 6.07 Å². The Balaban J connectivity index is 2.45. The molecule has 0 aliphatic carbocycles. The summed E-state index contributed by atoms with van der Waals surface area (Å²) in [5.41, 5.74) is 0.469. The van der Waals surface area contributed by atoms with E-state index in [-0.39, 0.29) is 11.0 Å². The lowest BCUT2D eigenvalue weighted by Gasteiger charge is -2.41. The van der Waals surface area contributed by atoms with Crippen molar-refractivity contribution >= 4 is 10.0 Å². The third-order valence-corrected chi connectivity index (χ3v) is 5.43. The summed E-state index contributed by atoms with van der Waals surface area (Å²) in [6.45, 7) is 7.98. The van der Waals surface area contributed by atoms with Gasteiger partial charge in [-0.3, -0.25) is 0 Å². The molecule has 1 unspecified atom stereocenters. The normalized spacial score (nSPS) is 22.7. The van der Waals surface area contributed by atoms with E-state index in [1.54, 1.807) is 19.1 Å². The Kier molecular flexibility index (Phi) is 4.11. The van der Waals surface area contributed by atoms with Crippen molar-refractivity contribution in [3.8, 4) is 6.07 Å². The summed E-state index contributed by atoms with van der Waals surface area (Å²) in [7, 11) is -3.63. The monoisotopic (exact) mass is 308 g/mol. The number of rotatable bonds is 2. The number of hydrogen-bond donors (Lipinski definition) is 0. The van der Waals surface area contributed by atoms with Gasteiger partial charge in [0.05, 0.1) is 28.2 Å². The molecule has 21 heavy (non-hydrogen) atoms. The Bertz CT molecular complexity index is 689. The van der Waals surface area contributed by atoms with Crippen LogP contribution in [0.15, 0.2) is 23.1 Å². The van der Waals surface area contributed by atoms with Crippen molar-refractivity contribution in [1.29, 1.82) is 5.26 Å². The lowest BCUT2D eigenvalue weighted by atomic mass is 10.1. The third-order valence-electron chi connectivity index (χ3n) is 3.47. The van der Waals surface area contributed by atoms with E-state index >= 15 is 0 Å². The third kappa shape index (κ3) is 3.26. The zero-order chi connectivity index (χ0) is 15.8. The first-order valence-corrected chi connectivity index (χ1v) is 8.28. The van der Waals surface area contributed by atoms with E-state index in [1.165, 1.54) is 10.4 Å². The molecule has 0 radical (unpaired) electrons. The molecule has 1 saturated heterocycles. The van der Waals surface area contributed by atoms with Crippen LogP contribution in [0, 0.1) is 18.3 Å². The maximum atomic E-state index is 12.9. The van der Waals surface area contributed by atoms with Gasteiger partial charge in [-0.2, -0.15) is 9.57 Å². The highest BCUT2D eigenvalue weighted by atomic mass is 32.2. The maximum absolute atomic E-state index is 12.9. The molecule has 1 aromatic rings. The van der Waals surface area contributed by atoms with Gasteiger partial charge >= 0.3 is 0 Å². The summed E-state index contributed by atoms with van der Waals surface area (Å²) < 4.78 is 32.9. The lowest BCUT2D eigenvalue weighted by Crippen LogP contribution is -2.53. The molecule has 1 fully saturated rings. The van der Waals surface area contributed by atoms with E-state index in [9.17, 15) is 8.42 Å². The minimum absolute atomic E-state index is 0.164. The van der Waals surface area contributed by atoms with Gasteiger partial charge in [0.15, 0.2) is 0 Å². The Morgan fingerprint density at radius 3 is 2.67 bits per heavy atom. The van der Waals surface area contributed by atoms with Crippen molar-refractivity contribution < 1.29 is 13.2 Å². The highest BCUT2D eigenvalue weighted by molar-refractivity contribution is 7.89. The highest BCUT2D eigenvalue weighted by Crippen LogP contribution is 2.28. The van der Waals surface area contributed by atoms with Crippen molar-refractivity contribution in [1.82, 2.24) is 4.31 Å². The Morgan fingerprint density at radius 2 is 2.10 bits per heavy atom. The molecule has 5 nitrogen and oxygen atoms in total. The molecule has 0 spiro atoms. The van der Waals surface area contributed by atoms with Crippen molar-refractivity contribution in [3.05, 3.63) is 29.3 Å². The number of ether oxygens (including phenoxy) is 1. The quantitative estimate of drug-likeness (QED) is 0.838. The summed E-state index contributed by atoms with van der Waals surface area (Å²) in [5.74, 6) is 0. The van der Waals surface area contributed by atoms with Crippen LogP contribution in [0.3, 0.4) is 0 Å². The van der Waals surface area contributed by atoms with Gasteiger partial charge in [0.1, 0.15) is 0 Å². The first-order chi connectivity index (χ1) is 9.65. The molecule has 0 aromatic heterocycles. The van der Waals surface area contributed by atoms with Crippen LogP contribution in [0.25, 0.3) is 0 Å². The van der Waals surface area contributed by atoms with Crippen molar-refractivity contribution in [2.24, 2.45) is 0 Å². The maximum Gasteiger partial charge on any atom is 0.243 e. The summed E-state index contributed by atoms with van der Waals surface area (Å²) in [6, 6.07) is 6.72. The van der Waals surface area contributed by atoms with Crippen LogP contribution in [-0.4, -0.2) is 37.5 Å². The summed E-state index contributed by atoms with van der Waals surface area (Å²) in [4.78, 5) is 0.200. The Labute approximate surface area is 126 Å². The van der Waals surface area contributed by atoms with E-state index in [2.05, 4.69) is 0 Å². The predicted octanol–water partition coefficient (Wildman–Crippen LogP) is 2.05. The largest absolute Gasteiger partial charge is 0.370 e. The zero-order valence-electron chi connectivity index (χ0n) is 12.8. The molecule has 0 saturated carbocycles. The standard InChI is InChI=1S/C15H20N2O3S/c1-11-5-6-13(8-16)7-14(11)21(18,19)17-9-12(2)20-15(3,4)10-17/h5-7,12H,9-10H2,1-4H3. The van der Waals surface area contributed by atoms with Crippen LogP contribution in [0.4, 0.5) is 0 Å². The zero-order valence-corrected chi connectivity index (χ0v) is 13.6. The molecule has 114 valence electrons. The molecule has 1 atom stereocenters. The molecule has 1 aromatic carbocycles. The molecule has 0 amide bonds. The van der Waals surface area contributed by atoms with Gasteiger partial charge in [0.2, 0.25) is 10.0 Å². The minimum Gasteiger partial charge on any atom is -0.370 e. The number of aryl methyl sites for hydroxylation is 1. The number of benzene rings is 1. The number of morpholine rings is 1. The van der Waals surface area contributed by atoms with E-state index in [0.717, 1.165) is 0 Å².